The van der Waals surface area contributed by atoms with Crippen LogP contribution in [0, 0.1) is 6.92 Å². The Morgan fingerprint density at radius 1 is 1.29 bits per heavy atom. The number of benzene rings is 1. The molecule has 0 aliphatic heterocycles. The van der Waals surface area contributed by atoms with Crippen LogP contribution in [0.25, 0.3) is 0 Å². The zero-order chi connectivity index (χ0) is 10.4. The molecule has 1 aromatic carbocycles. The zero-order valence-corrected chi connectivity index (χ0v) is 11.4. The van der Waals surface area contributed by atoms with E-state index in [2.05, 4.69) is 44.8 Å². The van der Waals surface area contributed by atoms with Gasteiger partial charge in [-0.15, -0.1) is 0 Å². The minimum atomic E-state index is 0.793. The number of ether oxygens (including phenoxy) is 1. The molecule has 0 bridgehead atoms. The van der Waals surface area contributed by atoms with E-state index in [-0.39, 0.29) is 0 Å². The van der Waals surface area contributed by atoms with Crippen molar-refractivity contribution in [2.24, 2.45) is 0 Å². The third-order valence-corrected chi connectivity index (χ3v) is 3.36. The molecule has 0 saturated carbocycles. The topological polar surface area (TPSA) is 9.23 Å². The molecule has 1 aromatic rings. The van der Waals surface area contributed by atoms with Gasteiger partial charge >= 0.3 is 0 Å². The van der Waals surface area contributed by atoms with Gasteiger partial charge in [-0.3, -0.25) is 0 Å². The van der Waals surface area contributed by atoms with E-state index < -0.39 is 0 Å². The lowest BCUT2D eigenvalue weighted by Gasteiger charge is -2.06. The number of hydrogen-bond donors (Lipinski definition) is 0. The van der Waals surface area contributed by atoms with Crippen LogP contribution in [-0.4, -0.2) is 11.9 Å². The molecule has 1 rings (SSSR count). The van der Waals surface area contributed by atoms with Crippen molar-refractivity contribution in [1.29, 1.82) is 0 Å². The van der Waals surface area contributed by atoms with Crippen molar-refractivity contribution in [3.8, 4) is 5.75 Å². The number of hydrogen-bond acceptors (Lipinski definition) is 1. The van der Waals surface area contributed by atoms with Crippen LogP contribution in [0.2, 0.25) is 0 Å². The van der Waals surface area contributed by atoms with E-state index in [1.165, 1.54) is 5.56 Å². The summed E-state index contributed by atoms with van der Waals surface area (Å²) in [6, 6.07) is 6.08. The molecule has 0 unspecified atom stereocenters. The summed E-state index contributed by atoms with van der Waals surface area (Å²) in [5, 5.41) is 1.05. The van der Waals surface area contributed by atoms with Crippen LogP contribution in [0.1, 0.15) is 18.4 Å². The normalized spacial score (nSPS) is 10.2. The van der Waals surface area contributed by atoms with Crippen LogP contribution < -0.4 is 4.74 Å². The monoisotopic (exact) mass is 320 g/mol. The first kappa shape index (κ1) is 12.1. The average molecular weight is 322 g/mol. The summed E-state index contributed by atoms with van der Waals surface area (Å²) in [4.78, 5) is 0. The maximum Gasteiger partial charge on any atom is 0.120 e. The molecule has 0 heterocycles. The van der Waals surface area contributed by atoms with Gasteiger partial charge in [0.2, 0.25) is 0 Å². The molecule has 78 valence electrons. The fraction of sp³-hybridized carbons (Fsp3) is 0.455. The van der Waals surface area contributed by atoms with E-state index in [0.717, 1.165) is 35.0 Å². The van der Waals surface area contributed by atoms with Crippen molar-refractivity contribution in [1.82, 2.24) is 0 Å². The third kappa shape index (κ3) is 4.01. The summed E-state index contributed by atoms with van der Waals surface area (Å²) >= 11 is 6.88. The SMILES string of the molecule is Cc1ccc(OCCCCBr)cc1Br. The number of rotatable bonds is 5. The second kappa shape index (κ2) is 6.46. The van der Waals surface area contributed by atoms with E-state index in [1.807, 2.05) is 12.1 Å². The molecule has 0 aliphatic rings. The van der Waals surface area contributed by atoms with Crippen molar-refractivity contribution in [2.45, 2.75) is 19.8 Å². The van der Waals surface area contributed by atoms with Crippen molar-refractivity contribution in [3.05, 3.63) is 28.2 Å². The number of unbranched alkanes of at least 4 members (excludes halogenated alkanes) is 1. The first-order valence-corrected chi connectivity index (χ1v) is 6.60. The van der Waals surface area contributed by atoms with Gasteiger partial charge in [-0.1, -0.05) is 37.9 Å². The van der Waals surface area contributed by atoms with Crippen molar-refractivity contribution in [3.63, 3.8) is 0 Å². The minimum Gasteiger partial charge on any atom is -0.494 e. The molecule has 0 aliphatic carbocycles. The van der Waals surface area contributed by atoms with Gasteiger partial charge in [0, 0.05) is 9.80 Å². The fourth-order valence-electron chi connectivity index (χ4n) is 1.05. The maximum absolute atomic E-state index is 5.59. The summed E-state index contributed by atoms with van der Waals surface area (Å²) in [7, 11) is 0. The van der Waals surface area contributed by atoms with E-state index in [4.69, 9.17) is 4.74 Å². The highest BCUT2D eigenvalue weighted by Gasteiger charge is 1.97. The third-order valence-electron chi connectivity index (χ3n) is 1.94. The van der Waals surface area contributed by atoms with Gasteiger partial charge < -0.3 is 4.74 Å². The summed E-state index contributed by atoms with van der Waals surface area (Å²) in [6.07, 6.45) is 2.25. The molecule has 0 N–H and O–H groups in total. The Morgan fingerprint density at radius 2 is 2.07 bits per heavy atom. The molecular weight excluding hydrogens is 308 g/mol. The van der Waals surface area contributed by atoms with Crippen LogP contribution in [-0.2, 0) is 0 Å². The molecule has 0 radical (unpaired) electrons. The Bertz CT molecular complexity index is 287. The standard InChI is InChI=1S/C11H14Br2O/c1-9-4-5-10(8-11(9)13)14-7-3-2-6-12/h4-5,8H,2-3,6-7H2,1H3. The molecule has 14 heavy (non-hydrogen) atoms. The summed E-state index contributed by atoms with van der Waals surface area (Å²) in [5.41, 5.74) is 1.23. The molecule has 0 fully saturated rings. The van der Waals surface area contributed by atoms with E-state index in [1.54, 1.807) is 0 Å². The quantitative estimate of drug-likeness (QED) is 0.580. The lowest BCUT2D eigenvalue weighted by atomic mass is 10.2. The molecule has 0 amide bonds. The van der Waals surface area contributed by atoms with Crippen LogP contribution in [0.3, 0.4) is 0 Å². The number of aryl methyl sites for hydroxylation is 1. The predicted octanol–water partition coefficient (Wildman–Crippen LogP) is 4.31. The largest absolute Gasteiger partial charge is 0.494 e. The summed E-state index contributed by atoms with van der Waals surface area (Å²) in [5.74, 6) is 0.942. The fourth-order valence-corrected chi connectivity index (χ4v) is 1.80. The van der Waals surface area contributed by atoms with E-state index >= 15 is 0 Å². The van der Waals surface area contributed by atoms with Gasteiger partial charge in [0.25, 0.3) is 0 Å². The molecule has 0 aromatic heterocycles. The lowest BCUT2D eigenvalue weighted by Crippen LogP contribution is -1.97. The minimum absolute atomic E-state index is 0.793. The first-order valence-electron chi connectivity index (χ1n) is 4.69. The number of halogens is 2. The van der Waals surface area contributed by atoms with Gasteiger partial charge in [-0.25, -0.2) is 0 Å². The molecule has 1 nitrogen and oxygen atoms in total. The Labute approximate surface area is 102 Å². The van der Waals surface area contributed by atoms with Crippen LogP contribution in [0.5, 0.6) is 5.75 Å². The Kier molecular flexibility index (Phi) is 5.56. The van der Waals surface area contributed by atoms with Gasteiger partial charge in [0.15, 0.2) is 0 Å². The lowest BCUT2D eigenvalue weighted by molar-refractivity contribution is 0.310. The Balaban J connectivity index is 2.39. The van der Waals surface area contributed by atoms with Crippen molar-refractivity contribution < 1.29 is 4.74 Å². The second-order valence-corrected chi connectivity index (χ2v) is 4.80. The smallest absolute Gasteiger partial charge is 0.120 e. The van der Waals surface area contributed by atoms with Crippen LogP contribution >= 0.6 is 31.9 Å². The Hall–Kier alpha value is -0.0200. The van der Waals surface area contributed by atoms with Crippen LogP contribution in [0.4, 0.5) is 0 Å². The summed E-state index contributed by atoms with van der Waals surface area (Å²) < 4.78 is 6.70. The van der Waals surface area contributed by atoms with E-state index in [0.29, 0.717) is 0 Å². The second-order valence-electron chi connectivity index (χ2n) is 3.16. The maximum atomic E-state index is 5.59. The first-order chi connectivity index (χ1) is 6.74. The van der Waals surface area contributed by atoms with Gasteiger partial charge in [-0.05, 0) is 37.5 Å². The van der Waals surface area contributed by atoms with Gasteiger partial charge in [0.1, 0.15) is 5.75 Å². The molecular formula is C11H14Br2O. The van der Waals surface area contributed by atoms with E-state index in [9.17, 15) is 0 Å². The van der Waals surface area contributed by atoms with Crippen LogP contribution in [0.15, 0.2) is 22.7 Å². The highest BCUT2D eigenvalue weighted by atomic mass is 79.9. The van der Waals surface area contributed by atoms with Gasteiger partial charge in [-0.2, -0.15) is 0 Å². The number of alkyl halides is 1. The summed E-state index contributed by atoms with van der Waals surface area (Å²) in [6.45, 7) is 2.86. The Morgan fingerprint density at radius 3 is 2.71 bits per heavy atom. The molecule has 3 heteroatoms. The molecule has 0 atom stereocenters. The zero-order valence-electron chi connectivity index (χ0n) is 8.22. The highest BCUT2D eigenvalue weighted by Crippen LogP contribution is 2.22. The van der Waals surface area contributed by atoms with Gasteiger partial charge in [0.05, 0.1) is 6.61 Å². The highest BCUT2D eigenvalue weighted by molar-refractivity contribution is 9.10. The average Bonchev–Trinajstić information content (AvgIpc) is 2.18. The predicted molar refractivity (Wildman–Crippen MR) is 67.4 cm³/mol. The van der Waals surface area contributed by atoms with Crippen molar-refractivity contribution >= 4 is 31.9 Å². The molecule has 0 saturated heterocycles. The van der Waals surface area contributed by atoms with Crippen molar-refractivity contribution in [2.75, 3.05) is 11.9 Å². The molecule has 0 spiro atoms.